The lowest BCUT2D eigenvalue weighted by Gasteiger charge is -2.09. The summed E-state index contributed by atoms with van der Waals surface area (Å²) >= 11 is 5.62. The van der Waals surface area contributed by atoms with Crippen molar-refractivity contribution in [1.29, 1.82) is 0 Å². The van der Waals surface area contributed by atoms with Crippen molar-refractivity contribution >= 4 is 28.5 Å². The second-order valence-corrected chi connectivity index (χ2v) is 5.39. The first-order chi connectivity index (χ1) is 11.6. The number of fused-ring (bicyclic) bond motifs is 1. The number of benzene rings is 1. The summed E-state index contributed by atoms with van der Waals surface area (Å²) in [6, 6.07) is 9.34. The van der Waals surface area contributed by atoms with Gasteiger partial charge in [-0.1, -0.05) is 11.6 Å². The molecule has 1 aromatic carbocycles. The summed E-state index contributed by atoms with van der Waals surface area (Å²) < 4.78 is 20.7. The van der Waals surface area contributed by atoms with Gasteiger partial charge in [-0.05, 0) is 30.3 Å². The van der Waals surface area contributed by atoms with Crippen molar-refractivity contribution in [3.8, 4) is 5.75 Å². The van der Waals surface area contributed by atoms with Crippen molar-refractivity contribution in [3.05, 3.63) is 59.1 Å². The fourth-order valence-electron chi connectivity index (χ4n) is 2.25. The Morgan fingerprint density at radius 3 is 2.92 bits per heavy atom. The average molecular weight is 350 g/mol. The molecule has 0 aliphatic heterocycles. The Hall–Kier alpha value is -2.64. The van der Waals surface area contributed by atoms with Gasteiger partial charge in [0.2, 0.25) is 0 Å². The standard InChI is InChI=1S/C16H13ClFN3O3/c17-12-3-2-11(9-13(12)18)24-8-7-21-6-5-10-1-4-14(16(22)20-23)19-15(10)21/h1-6,9,23H,7-8H2,(H,20,22). The van der Waals surface area contributed by atoms with Gasteiger partial charge in [0.05, 0.1) is 11.6 Å². The minimum atomic E-state index is -0.683. The van der Waals surface area contributed by atoms with Gasteiger partial charge in [0.15, 0.2) is 0 Å². The Bertz CT molecular complexity index is 897. The molecular weight excluding hydrogens is 337 g/mol. The van der Waals surface area contributed by atoms with Crippen LogP contribution in [0, 0.1) is 5.82 Å². The van der Waals surface area contributed by atoms with Crippen molar-refractivity contribution in [2.45, 2.75) is 6.54 Å². The number of ether oxygens (including phenoxy) is 1. The van der Waals surface area contributed by atoms with E-state index < -0.39 is 11.7 Å². The monoisotopic (exact) mass is 349 g/mol. The summed E-state index contributed by atoms with van der Waals surface area (Å²) in [5.74, 6) is -0.846. The Morgan fingerprint density at radius 1 is 1.33 bits per heavy atom. The number of carbonyl (C=O) groups is 1. The SMILES string of the molecule is O=C(NO)c1ccc2ccn(CCOc3ccc(Cl)c(F)c3)c2n1. The second kappa shape index (κ2) is 6.86. The molecule has 0 unspecified atom stereocenters. The summed E-state index contributed by atoms with van der Waals surface area (Å²) in [6.45, 7) is 0.730. The predicted molar refractivity (Wildman–Crippen MR) is 85.9 cm³/mol. The van der Waals surface area contributed by atoms with Crippen LogP contribution in [-0.2, 0) is 6.54 Å². The minimum absolute atomic E-state index is 0.0395. The highest BCUT2D eigenvalue weighted by atomic mass is 35.5. The zero-order valence-corrected chi connectivity index (χ0v) is 13.1. The van der Waals surface area contributed by atoms with Gasteiger partial charge in [0.25, 0.3) is 5.91 Å². The summed E-state index contributed by atoms with van der Waals surface area (Å²) in [4.78, 5) is 15.7. The van der Waals surface area contributed by atoms with Crippen molar-refractivity contribution in [3.63, 3.8) is 0 Å². The number of aromatic nitrogens is 2. The molecule has 24 heavy (non-hydrogen) atoms. The molecule has 0 saturated heterocycles. The average Bonchev–Trinajstić information content (AvgIpc) is 2.99. The predicted octanol–water partition coefficient (Wildman–Crippen LogP) is 3.03. The molecule has 6 nitrogen and oxygen atoms in total. The molecule has 2 heterocycles. The van der Waals surface area contributed by atoms with E-state index in [0.717, 1.165) is 5.39 Å². The normalized spacial score (nSPS) is 10.8. The Labute approximate surface area is 141 Å². The molecule has 2 aromatic heterocycles. The fourth-order valence-corrected chi connectivity index (χ4v) is 2.37. The van der Waals surface area contributed by atoms with E-state index >= 15 is 0 Å². The van der Waals surface area contributed by atoms with Crippen LogP contribution in [0.3, 0.4) is 0 Å². The van der Waals surface area contributed by atoms with Gasteiger partial charge in [-0.2, -0.15) is 0 Å². The highest BCUT2D eigenvalue weighted by molar-refractivity contribution is 6.30. The van der Waals surface area contributed by atoms with Crippen molar-refractivity contribution in [1.82, 2.24) is 15.0 Å². The van der Waals surface area contributed by atoms with Crippen LogP contribution in [0.4, 0.5) is 4.39 Å². The van der Waals surface area contributed by atoms with E-state index in [1.165, 1.54) is 18.2 Å². The smallest absolute Gasteiger partial charge is 0.293 e. The van der Waals surface area contributed by atoms with Gasteiger partial charge >= 0.3 is 0 Å². The second-order valence-electron chi connectivity index (χ2n) is 4.98. The minimum Gasteiger partial charge on any atom is -0.492 e. The topological polar surface area (TPSA) is 76.4 Å². The lowest BCUT2D eigenvalue weighted by atomic mass is 10.3. The maximum absolute atomic E-state index is 13.4. The number of carbonyl (C=O) groups excluding carboxylic acids is 1. The zero-order valence-electron chi connectivity index (χ0n) is 12.4. The molecule has 0 aliphatic rings. The molecule has 2 N–H and O–H groups in total. The van der Waals surface area contributed by atoms with Crippen LogP contribution in [0.1, 0.15) is 10.5 Å². The maximum Gasteiger partial charge on any atom is 0.293 e. The number of hydroxylamine groups is 1. The Balaban J connectivity index is 1.72. The van der Waals surface area contributed by atoms with Crippen LogP contribution < -0.4 is 10.2 Å². The number of amides is 1. The van der Waals surface area contributed by atoms with Gasteiger partial charge in [0.1, 0.15) is 29.5 Å². The Kier molecular flexibility index (Phi) is 4.64. The van der Waals surface area contributed by atoms with E-state index in [1.807, 2.05) is 12.3 Å². The molecule has 0 spiro atoms. The molecule has 0 aliphatic carbocycles. The summed E-state index contributed by atoms with van der Waals surface area (Å²) in [5, 5.41) is 9.57. The summed E-state index contributed by atoms with van der Waals surface area (Å²) in [6.07, 6.45) is 1.81. The third kappa shape index (κ3) is 3.32. The molecule has 124 valence electrons. The lowest BCUT2D eigenvalue weighted by molar-refractivity contribution is 0.0701. The highest BCUT2D eigenvalue weighted by Gasteiger charge is 2.10. The first-order valence-corrected chi connectivity index (χ1v) is 7.44. The number of rotatable bonds is 5. The van der Waals surface area contributed by atoms with E-state index in [4.69, 9.17) is 21.5 Å². The molecule has 0 atom stereocenters. The van der Waals surface area contributed by atoms with Crippen molar-refractivity contribution in [2.24, 2.45) is 0 Å². The van der Waals surface area contributed by atoms with Gasteiger partial charge in [-0.3, -0.25) is 10.0 Å². The maximum atomic E-state index is 13.4. The molecule has 1 amide bonds. The van der Waals surface area contributed by atoms with Crippen LogP contribution in [0.15, 0.2) is 42.6 Å². The largest absolute Gasteiger partial charge is 0.492 e. The van der Waals surface area contributed by atoms with Crippen LogP contribution in [0.5, 0.6) is 5.75 Å². The van der Waals surface area contributed by atoms with Gasteiger partial charge < -0.3 is 9.30 Å². The van der Waals surface area contributed by atoms with Gasteiger partial charge in [0, 0.05) is 17.6 Å². The molecular formula is C16H13ClFN3O3. The summed E-state index contributed by atoms with van der Waals surface area (Å²) in [7, 11) is 0. The molecule has 0 bridgehead atoms. The molecule has 3 rings (SSSR count). The number of halogens is 2. The number of hydrogen-bond donors (Lipinski definition) is 2. The lowest BCUT2D eigenvalue weighted by Crippen LogP contribution is -2.20. The number of hydrogen-bond acceptors (Lipinski definition) is 4. The van der Waals surface area contributed by atoms with Crippen molar-refractivity contribution in [2.75, 3.05) is 6.61 Å². The molecule has 0 saturated carbocycles. The van der Waals surface area contributed by atoms with Crippen molar-refractivity contribution < 1.29 is 19.1 Å². The van der Waals surface area contributed by atoms with Crippen LogP contribution in [0.2, 0.25) is 5.02 Å². The number of pyridine rings is 1. The molecule has 0 radical (unpaired) electrons. The highest BCUT2D eigenvalue weighted by Crippen LogP contribution is 2.20. The third-order valence-electron chi connectivity index (χ3n) is 3.44. The van der Waals surface area contributed by atoms with Crippen LogP contribution in [0.25, 0.3) is 11.0 Å². The van der Waals surface area contributed by atoms with Crippen LogP contribution in [-0.4, -0.2) is 27.3 Å². The summed E-state index contributed by atoms with van der Waals surface area (Å²) in [5.41, 5.74) is 2.24. The first-order valence-electron chi connectivity index (χ1n) is 7.06. The molecule has 0 fully saturated rings. The first kappa shape index (κ1) is 16.2. The van der Waals surface area contributed by atoms with E-state index in [-0.39, 0.29) is 17.3 Å². The van der Waals surface area contributed by atoms with E-state index in [9.17, 15) is 9.18 Å². The molecule has 3 aromatic rings. The number of nitrogens with one attached hydrogen (secondary N) is 1. The van der Waals surface area contributed by atoms with Gasteiger partial charge in [-0.25, -0.2) is 14.9 Å². The van der Waals surface area contributed by atoms with Crippen LogP contribution >= 0.6 is 11.6 Å². The number of nitrogens with zero attached hydrogens (tertiary/aromatic N) is 2. The van der Waals surface area contributed by atoms with E-state index in [1.54, 1.807) is 22.2 Å². The quantitative estimate of drug-likeness (QED) is 0.548. The molecule has 8 heteroatoms. The van der Waals surface area contributed by atoms with E-state index in [0.29, 0.717) is 17.9 Å². The van der Waals surface area contributed by atoms with E-state index in [2.05, 4.69) is 4.98 Å². The zero-order chi connectivity index (χ0) is 17.1. The van der Waals surface area contributed by atoms with Gasteiger partial charge in [-0.15, -0.1) is 0 Å². The fraction of sp³-hybridized carbons (Fsp3) is 0.125. The Morgan fingerprint density at radius 2 is 2.17 bits per heavy atom. The third-order valence-corrected chi connectivity index (χ3v) is 3.74.